The van der Waals surface area contributed by atoms with Crippen LogP contribution < -0.4 is 14.8 Å². The Morgan fingerprint density at radius 1 is 1.09 bits per heavy atom. The molecule has 46 heavy (non-hydrogen) atoms. The Labute approximate surface area is 260 Å². The Morgan fingerprint density at radius 3 is 2.52 bits per heavy atom. The van der Waals surface area contributed by atoms with Gasteiger partial charge in [0, 0.05) is 30.0 Å². The number of aromatic nitrogens is 3. The highest BCUT2D eigenvalue weighted by atomic mass is 32.2. The fourth-order valence-corrected chi connectivity index (χ4v) is 5.57. The van der Waals surface area contributed by atoms with Crippen LogP contribution in [-0.2, 0) is 6.54 Å². The topological polar surface area (TPSA) is 187 Å². The van der Waals surface area contributed by atoms with Crippen molar-refractivity contribution in [2.75, 3.05) is 6.61 Å². The zero-order valence-corrected chi connectivity index (χ0v) is 24.1. The lowest BCUT2D eigenvalue weighted by Gasteiger charge is -2.30. The number of carbonyl (C=O) groups is 1. The highest BCUT2D eigenvalue weighted by Crippen LogP contribution is 2.57. The molecular weight excluding hydrogens is 640 g/mol. The van der Waals surface area contributed by atoms with Crippen molar-refractivity contribution in [1.29, 1.82) is 0 Å². The summed E-state index contributed by atoms with van der Waals surface area (Å²) in [7, 11) is 0. The van der Waals surface area contributed by atoms with Gasteiger partial charge in [0.05, 0.1) is 52.3 Å². The number of halogens is 4. The zero-order valence-electron chi connectivity index (χ0n) is 23.3. The number of nitrogens with zero attached hydrogens (tertiary/aromatic N) is 3. The van der Waals surface area contributed by atoms with Crippen molar-refractivity contribution in [3.8, 4) is 22.9 Å². The molecule has 242 valence electrons. The summed E-state index contributed by atoms with van der Waals surface area (Å²) >= 11 is 0.770. The van der Waals surface area contributed by atoms with E-state index in [0.717, 1.165) is 23.9 Å². The number of alkyl halides is 3. The average molecular weight is 665 g/mol. The maximum atomic E-state index is 14.6. The smallest absolute Gasteiger partial charge is 0.409 e. The number of nitrogens with one attached hydrogen (secondary N) is 1. The normalized spacial score (nSPS) is 19.2. The predicted molar refractivity (Wildman–Crippen MR) is 151 cm³/mol. The first kappa shape index (κ1) is 31.8. The summed E-state index contributed by atoms with van der Waals surface area (Å²) in [6.07, 6.45) is 0.920. The third kappa shape index (κ3) is 6.42. The molecule has 1 aromatic carbocycles. The van der Waals surface area contributed by atoms with E-state index >= 15 is 0 Å². The number of pyridine rings is 3. The van der Waals surface area contributed by atoms with Gasteiger partial charge in [-0.2, -0.15) is 0 Å². The summed E-state index contributed by atoms with van der Waals surface area (Å²) in [4.78, 5) is 26.0. The molecule has 1 saturated carbocycles. The number of fused-ring (bicyclic) bond motifs is 2. The van der Waals surface area contributed by atoms with Gasteiger partial charge in [0.2, 0.25) is 0 Å². The van der Waals surface area contributed by atoms with Gasteiger partial charge >= 0.3 is 11.9 Å². The molecule has 2 atom stereocenters. The third-order valence-corrected chi connectivity index (χ3v) is 8.22. The Balaban J connectivity index is 1.23. The number of ether oxygens (including phenoxy) is 2. The number of benzene rings is 1. The van der Waals surface area contributed by atoms with Crippen LogP contribution in [0.5, 0.6) is 11.5 Å². The van der Waals surface area contributed by atoms with E-state index < -0.39 is 58.9 Å². The summed E-state index contributed by atoms with van der Waals surface area (Å²) < 4.78 is 66.6. The molecule has 17 heteroatoms. The van der Waals surface area contributed by atoms with E-state index in [1.165, 1.54) is 24.4 Å². The summed E-state index contributed by atoms with van der Waals surface area (Å²) in [5.74, 6) is -15.0. The molecular formula is C29H24F4N4O8S. The molecule has 12 nitrogen and oxygen atoms in total. The number of amides is 1. The van der Waals surface area contributed by atoms with E-state index in [9.17, 15) is 32.6 Å². The van der Waals surface area contributed by atoms with Crippen LogP contribution in [0.25, 0.3) is 22.3 Å². The van der Waals surface area contributed by atoms with Crippen LogP contribution in [0.3, 0.4) is 0 Å². The van der Waals surface area contributed by atoms with Crippen LogP contribution in [0.1, 0.15) is 40.5 Å². The molecule has 6 N–H and O–H groups in total. The second-order valence-corrected chi connectivity index (χ2v) is 11.8. The Hall–Kier alpha value is -4.13. The van der Waals surface area contributed by atoms with Crippen LogP contribution in [0.2, 0.25) is 0 Å². The van der Waals surface area contributed by atoms with Gasteiger partial charge in [-0.1, -0.05) is 11.8 Å². The number of hydrogen-bond donors (Lipinski definition) is 6. The van der Waals surface area contributed by atoms with Gasteiger partial charge in [-0.05, 0) is 42.5 Å². The Kier molecular flexibility index (Phi) is 8.02. The van der Waals surface area contributed by atoms with Crippen molar-refractivity contribution < 1.29 is 57.4 Å². The van der Waals surface area contributed by atoms with Gasteiger partial charge in [0.1, 0.15) is 5.75 Å². The average Bonchev–Trinajstić information content (AvgIpc) is 3.67. The molecule has 6 rings (SSSR count). The van der Waals surface area contributed by atoms with Crippen LogP contribution in [0, 0.1) is 5.82 Å². The molecule has 1 aliphatic heterocycles. The van der Waals surface area contributed by atoms with Crippen LogP contribution in [0.4, 0.5) is 17.6 Å². The van der Waals surface area contributed by atoms with Crippen LogP contribution in [0.15, 0.2) is 53.6 Å². The first-order chi connectivity index (χ1) is 21.6. The van der Waals surface area contributed by atoms with E-state index in [-0.39, 0.29) is 47.2 Å². The number of carbonyl (C=O) groups excluding carboxylic acids is 1. The van der Waals surface area contributed by atoms with Gasteiger partial charge in [0.15, 0.2) is 17.1 Å². The van der Waals surface area contributed by atoms with Gasteiger partial charge in [-0.3, -0.25) is 9.78 Å². The lowest BCUT2D eigenvalue weighted by atomic mass is 10.1. The second-order valence-electron chi connectivity index (χ2n) is 10.6. The molecule has 2 unspecified atom stereocenters. The number of hydrogen-bond acceptors (Lipinski definition) is 12. The molecule has 4 aromatic rings. The number of rotatable bonds is 8. The third-order valence-electron chi connectivity index (χ3n) is 7.17. The number of thioether (sulfide) groups is 1. The maximum absolute atomic E-state index is 14.6. The lowest BCUT2D eigenvalue weighted by molar-refractivity contribution is -0.502. The van der Waals surface area contributed by atoms with E-state index in [4.69, 9.17) is 20.1 Å². The largest absolute Gasteiger partial charge is 0.489 e. The van der Waals surface area contributed by atoms with Crippen LogP contribution >= 0.6 is 11.8 Å². The van der Waals surface area contributed by atoms with Gasteiger partial charge in [-0.25, -0.2) is 27.5 Å². The highest BCUT2D eigenvalue weighted by molar-refractivity contribution is 7.99. The zero-order chi connectivity index (χ0) is 33.0. The molecule has 0 radical (unpaired) electrons. The van der Waals surface area contributed by atoms with E-state index in [1.807, 2.05) is 0 Å². The molecule has 1 amide bonds. The van der Waals surface area contributed by atoms with E-state index in [1.54, 1.807) is 12.1 Å². The summed E-state index contributed by atoms with van der Waals surface area (Å²) in [5, 5.41) is 50.1. The Morgan fingerprint density at radius 2 is 1.80 bits per heavy atom. The first-order valence-electron chi connectivity index (χ1n) is 13.6. The molecule has 0 bridgehead atoms. The summed E-state index contributed by atoms with van der Waals surface area (Å²) in [5.41, 5.74) is -0.773. The lowest BCUT2D eigenvalue weighted by Crippen LogP contribution is -2.58. The molecule has 1 aliphatic carbocycles. The minimum absolute atomic E-state index is 0.00886. The summed E-state index contributed by atoms with van der Waals surface area (Å²) in [6, 6.07) is 9.33. The van der Waals surface area contributed by atoms with Crippen molar-refractivity contribution in [2.24, 2.45) is 0 Å². The quantitative estimate of drug-likeness (QED) is 0.120. The predicted octanol–water partition coefficient (Wildman–Crippen LogP) is 2.70. The molecule has 0 saturated heterocycles. The van der Waals surface area contributed by atoms with E-state index in [2.05, 4.69) is 25.0 Å². The molecule has 0 spiro atoms. The SMILES string of the molecule is O=C(NCc1cc2nc(-c3ccc(OC(O)(O)C(O)(O)O)c(C4CC4(F)F)n3)ccc2cn1)c1cc(F)c2c(c1)SC(F)CCO2. The number of aliphatic hydroxyl groups is 5. The monoisotopic (exact) mass is 664 g/mol. The second kappa shape index (κ2) is 11.6. The van der Waals surface area contributed by atoms with Gasteiger partial charge < -0.3 is 40.3 Å². The maximum Gasteiger partial charge on any atom is 0.409 e. The first-order valence-corrected chi connectivity index (χ1v) is 14.5. The summed E-state index contributed by atoms with van der Waals surface area (Å²) in [6.45, 7) is -0.0823. The highest BCUT2D eigenvalue weighted by Gasteiger charge is 2.60. The molecule has 1 fully saturated rings. The van der Waals surface area contributed by atoms with Crippen molar-refractivity contribution in [1.82, 2.24) is 20.3 Å². The minimum atomic E-state index is -4.15. The molecule has 2 aliphatic rings. The Bertz CT molecular complexity index is 1840. The van der Waals surface area contributed by atoms with Crippen molar-refractivity contribution in [3.63, 3.8) is 0 Å². The molecule has 4 heterocycles. The fraction of sp³-hybridized carbons (Fsp3) is 0.310. The van der Waals surface area contributed by atoms with Crippen molar-refractivity contribution in [3.05, 3.63) is 71.4 Å². The van der Waals surface area contributed by atoms with Crippen molar-refractivity contribution >= 4 is 28.6 Å². The molecule has 3 aromatic heterocycles. The van der Waals surface area contributed by atoms with Gasteiger partial charge in [-0.15, -0.1) is 0 Å². The van der Waals surface area contributed by atoms with Gasteiger partial charge in [0.25, 0.3) is 11.8 Å². The standard InChI is InChI=1S/C29H24F4N4O8S/c30-17-7-14(8-22-25(17)44-6-5-23(31)46-22)26(38)35-12-15-9-20-13(11-34-15)1-2-18(36-20)19-3-4-21(45-29(42,43)28(39,40)41)24(37-19)16-10-27(16,32)33/h1-4,7-9,11,16,23,39-43H,5-6,10,12H2,(H,35,38). The van der Waals surface area contributed by atoms with Crippen LogP contribution in [-0.4, -0.2) is 76.4 Å². The fourth-order valence-electron chi connectivity index (χ4n) is 4.62. The van der Waals surface area contributed by atoms with Crippen molar-refractivity contribution in [2.45, 2.75) is 53.6 Å². The van der Waals surface area contributed by atoms with E-state index in [0.29, 0.717) is 16.6 Å². The minimum Gasteiger partial charge on any atom is -0.489 e.